The van der Waals surface area contributed by atoms with E-state index >= 15 is 0 Å². The average molecular weight is 256 g/mol. The molecule has 0 aromatic heterocycles. The highest BCUT2D eigenvalue weighted by Crippen LogP contribution is 2.27. The fourth-order valence-corrected chi connectivity index (χ4v) is 3.35. The van der Waals surface area contributed by atoms with Crippen LogP contribution in [0.1, 0.15) is 25.7 Å². The second-order valence-electron chi connectivity index (χ2n) is 4.21. The van der Waals surface area contributed by atoms with Crippen LogP contribution in [-0.2, 0) is 0 Å². The Morgan fingerprint density at radius 1 is 1.31 bits per heavy atom. The summed E-state index contributed by atoms with van der Waals surface area (Å²) in [7, 11) is 0. The predicted octanol–water partition coefficient (Wildman–Crippen LogP) is 3.96. The van der Waals surface area contributed by atoms with E-state index in [4.69, 9.17) is 11.6 Å². The molecule has 0 aliphatic carbocycles. The number of nitrogens with one attached hydrogen (secondary N) is 1. The molecule has 1 saturated heterocycles. The molecule has 0 bridgehead atoms. The van der Waals surface area contributed by atoms with Crippen LogP contribution >= 0.6 is 23.4 Å². The summed E-state index contributed by atoms with van der Waals surface area (Å²) in [4.78, 5) is 1.21. The van der Waals surface area contributed by atoms with E-state index in [1.54, 1.807) is 0 Å². The van der Waals surface area contributed by atoms with Gasteiger partial charge < -0.3 is 5.32 Å². The molecule has 1 aliphatic rings. The number of piperidine rings is 1. The van der Waals surface area contributed by atoms with Crippen LogP contribution in [0.25, 0.3) is 0 Å². The van der Waals surface area contributed by atoms with Gasteiger partial charge in [-0.3, -0.25) is 0 Å². The summed E-state index contributed by atoms with van der Waals surface area (Å²) < 4.78 is 0. The lowest BCUT2D eigenvalue weighted by atomic mass is 10.0. The second kappa shape index (κ2) is 6.53. The van der Waals surface area contributed by atoms with Crippen molar-refractivity contribution in [2.24, 2.45) is 0 Å². The van der Waals surface area contributed by atoms with E-state index in [1.165, 1.54) is 37.1 Å². The highest BCUT2D eigenvalue weighted by Gasteiger charge is 2.12. The quantitative estimate of drug-likeness (QED) is 0.818. The Morgan fingerprint density at radius 2 is 2.19 bits per heavy atom. The molecule has 1 heterocycles. The van der Waals surface area contributed by atoms with Gasteiger partial charge in [-0.15, -0.1) is 11.8 Å². The second-order valence-corrected chi connectivity index (χ2v) is 5.76. The van der Waals surface area contributed by atoms with Gasteiger partial charge >= 0.3 is 0 Å². The van der Waals surface area contributed by atoms with Gasteiger partial charge in [0.05, 0.1) is 5.02 Å². The Bertz CT molecular complexity index is 323. The number of hydrogen-bond acceptors (Lipinski definition) is 2. The van der Waals surface area contributed by atoms with Crippen molar-refractivity contribution in [2.75, 3.05) is 12.3 Å². The first-order chi connectivity index (χ1) is 7.86. The lowest BCUT2D eigenvalue weighted by Crippen LogP contribution is -2.34. The predicted molar refractivity (Wildman–Crippen MR) is 72.4 cm³/mol. The van der Waals surface area contributed by atoms with Crippen molar-refractivity contribution in [2.45, 2.75) is 36.6 Å². The van der Waals surface area contributed by atoms with Gasteiger partial charge in [-0.25, -0.2) is 0 Å². The molecular formula is C13H18ClNS. The first-order valence-electron chi connectivity index (χ1n) is 5.97. The Labute approximate surface area is 107 Å². The summed E-state index contributed by atoms with van der Waals surface area (Å²) in [6, 6.07) is 8.82. The SMILES string of the molecule is Clc1ccccc1SCCC1CCCCN1. The molecule has 0 saturated carbocycles. The van der Waals surface area contributed by atoms with Gasteiger partial charge in [0.25, 0.3) is 0 Å². The standard InChI is InChI=1S/C13H18ClNS/c14-12-6-1-2-7-13(12)16-10-8-11-5-3-4-9-15-11/h1-2,6-7,11,15H,3-5,8-10H2. The smallest absolute Gasteiger partial charge is 0.0541 e. The average Bonchev–Trinajstić information content (AvgIpc) is 2.33. The fourth-order valence-electron chi connectivity index (χ4n) is 2.04. The van der Waals surface area contributed by atoms with Crippen molar-refractivity contribution in [3.63, 3.8) is 0 Å². The maximum atomic E-state index is 6.11. The van der Waals surface area contributed by atoms with Crippen molar-refractivity contribution in [1.29, 1.82) is 0 Å². The zero-order valence-corrected chi connectivity index (χ0v) is 11.0. The van der Waals surface area contributed by atoms with Gasteiger partial charge in [-0.2, -0.15) is 0 Å². The van der Waals surface area contributed by atoms with Crippen molar-refractivity contribution < 1.29 is 0 Å². The van der Waals surface area contributed by atoms with Gasteiger partial charge in [0.1, 0.15) is 0 Å². The van der Waals surface area contributed by atoms with E-state index in [0.29, 0.717) is 0 Å². The molecule has 1 aromatic rings. The third kappa shape index (κ3) is 3.69. The van der Waals surface area contributed by atoms with Gasteiger partial charge in [0, 0.05) is 10.9 Å². The Morgan fingerprint density at radius 3 is 2.94 bits per heavy atom. The van der Waals surface area contributed by atoms with Crippen LogP contribution in [0.5, 0.6) is 0 Å². The minimum absolute atomic E-state index is 0.726. The molecule has 0 amide bonds. The summed E-state index contributed by atoms with van der Waals surface area (Å²) in [5, 5.41) is 4.45. The maximum Gasteiger partial charge on any atom is 0.0541 e. The third-order valence-electron chi connectivity index (χ3n) is 2.97. The number of hydrogen-bond donors (Lipinski definition) is 1. The number of thioether (sulfide) groups is 1. The van der Waals surface area contributed by atoms with Gasteiger partial charge in [-0.1, -0.05) is 30.2 Å². The third-order valence-corrected chi connectivity index (χ3v) is 4.52. The molecule has 88 valence electrons. The van der Waals surface area contributed by atoms with Crippen LogP contribution in [0, 0.1) is 0 Å². The fraction of sp³-hybridized carbons (Fsp3) is 0.538. The normalized spacial score (nSPS) is 20.9. The van der Waals surface area contributed by atoms with Crippen LogP contribution in [0.15, 0.2) is 29.2 Å². The zero-order chi connectivity index (χ0) is 11.2. The molecule has 1 aromatic carbocycles. The Hall–Kier alpha value is -0.180. The van der Waals surface area contributed by atoms with Crippen molar-refractivity contribution >= 4 is 23.4 Å². The first-order valence-corrected chi connectivity index (χ1v) is 7.33. The summed E-state index contributed by atoms with van der Waals surface area (Å²) in [5.41, 5.74) is 0. The number of benzene rings is 1. The van der Waals surface area contributed by atoms with Crippen molar-refractivity contribution in [3.8, 4) is 0 Å². The molecule has 1 atom stereocenters. The highest BCUT2D eigenvalue weighted by molar-refractivity contribution is 7.99. The molecule has 1 aliphatic heterocycles. The molecule has 1 N–H and O–H groups in total. The van der Waals surface area contributed by atoms with E-state index in [1.807, 2.05) is 30.0 Å². The minimum Gasteiger partial charge on any atom is -0.314 e. The summed E-state index contributed by atoms with van der Waals surface area (Å²) in [6.07, 6.45) is 5.31. The van der Waals surface area contributed by atoms with Crippen LogP contribution in [0.3, 0.4) is 0 Å². The minimum atomic E-state index is 0.726. The zero-order valence-electron chi connectivity index (χ0n) is 9.42. The molecule has 2 rings (SSSR count). The van der Waals surface area contributed by atoms with E-state index in [-0.39, 0.29) is 0 Å². The lowest BCUT2D eigenvalue weighted by molar-refractivity contribution is 0.395. The highest BCUT2D eigenvalue weighted by atomic mass is 35.5. The molecule has 0 spiro atoms. The van der Waals surface area contributed by atoms with Gasteiger partial charge in [-0.05, 0) is 43.7 Å². The monoisotopic (exact) mass is 255 g/mol. The van der Waals surface area contributed by atoms with Crippen molar-refractivity contribution in [1.82, 2.24) is 5.32 Å². The topological polar surface area (TPSA) is 12.0 Å². The molecule has 1 unspecified atom stereocenters. The molecule has 16 heavy (non-hydrogen) atoms. The van der Waals surface area contributed by atoms with Crippen LogP contribution < -0.4 is 5.32 Å². The van der Waals surface area contributed by atoms with Crippen LogP contribution in [0.4, 0.5) is 0 Å². The van der Waals surface area contributed by atoms with Gasteiger partial charge in [0.15, 0.2) is 0 Å². The van der Waals surface area contributed by atoms with E-state index in [9.17, 15) is 0 Å². The molecule has 1 fully saturated rings. The van der Waals surface area contributed by atoms with E-state index in [2.05, 4.69) is 11.4 Å². The largest absolute Gasteiger partial charge is 0.314 e. The Kier molecular flexibility index (Phi) is 5.01. The molecular weight excluding hydrogens is 238 g/mol. The maximum absolute atomic E-state index is 6.11. The van der Waals surface area contributed by atoms with Gasteiger partial charge in [0.2, 0.25) is 0 Å². The molecule has 0 radical (unpaired) electrons. The number of rotatable bonds is 4. The van der Waals surface area contributed by atoms with Crippen molar-refractivity contribution in [3.05, 3.63) is 29.3 Å². The lowest BCUT2D eigenvalue weighted by Gasteiger charge is -2.23. The summed E-state index contributed by atoms with van der Waals surface area (Å²) in [5.74, 6) is 1.15. The molecule has 1 nitrogen and oxygen atoms in total. The summed E-state index contributed by atoms with van der Waals surface area (Å²) >= 11 is 7.98. The Balaban J connectivity index is 1.73. The first kappa shape index (κ1) is 12.3. The number of halogens is 1. The summed E-state index contributed by atoms with van der Waals surface area (Å²) in [6.45, 7) is 1.20. The van der Waals surface area contributed by atoms with E-state index < -0.39 is 0 Å². The van der Waals surface area contributed by atoms with E-state index in [0.717, 1.165) is 16.8 Å². The van der Waals surface area contributed by atoms with Crippen LogP contribution in [0.2, 0.25) is 5.02 Å². The molecule has 3 heteroatoms. The van der Waals surface area contributed by atoms with Crippen LogP contribution in [-0.4, -0.2) is 18.3 Å².